The highest BCUT2D eigenvalue weighted by Gasteiger charge is 2.16. The van der Waals surface area contributed by atoms with Crippen LogP contribution >= 0.6 is 11.3 Å². The van der Waals surface area contributed by atoms with Gasteiger partial charge in [0.25, 0.3) is 5.91 Å². The van der Waals surface area contributed by atoms with Gasteiger partial charge in [-0.3, -0.25) is 4.79 Å². The molecule has 20 heavy (non-hydrogen) atoms. The minimum Gasteiger partial charge on any atom is -0.397 e. The van der Waals surface area contributed by atoms with E-state index in [-0.39, 0.29) is 5.91 Å². The Bertz CT molecular complexity index is 762. The third kappa shape index (κ3) is 2.25. The first-order valence-corrected chi connectivity index (χ1v) is 6.93. The first-order valence-electron chi connectivity index (χ1n) is 6.11. The summed E-state index contributed by atoms with van der Waals surface area (Å²) in [6, 6.07) is 7.68. The molecule has 0 radical (unpaired) electrons. The maximum atomic E-state index is 12.2. The van der Waals surface area contributed by atoms with Crippen LogP contribution in [0.1, 0.15) is 20.9 Å². The van der Waals surface area contributed by atoms with E-state index in [1.165, 1.54) is 17.6 Å². The second-order valence-electron chi connectivity index (χ2n) is 4.52. The molecule has 3 N–H and O–H groups in total. The summed E-state index contributed by atoms with van der Waals surface area (Å²) >= 11 is 1.40. The summed E-state index contributed by atoms with van der Waals surface area (Å²) in [6.45, 7) is 2.34. The van der Waals surface area contributed by atoms with Gasteiger partial charge < -0.3 is 15.6 Å². The van der Waals surface area contributed by atoms with Crippen LogP contribution in [0.15, 0.2) is 35.1 Å². The highest BCUT2D eigenvalue weighted by Crippen LogP contribution is 2.34. The van der Waals surface area contributed by atoms with Crippen molar-refractivity contribution in [3.05, 3.63) is 46.7 Å². The fraction of sp³-hybridized carbons (Fsp3) is 0.143. The summed E-state index contributed by atoms with van der Waals surface area (Å²) < 4.78 is 5.74. The van der Waals surface area contributed by atoms with E-state index in [0.717, 1.165) is 15.6 Å². The third-order valence-electron chi connectivity index (χ3n) is 3.01. The minimum absolute atomic E-state index is 0.190. The lowest BCUT2D eigenvalue weighted by molar-refractivity contribution is 0.0955. The number of nitrogen functional groups attached to an aromatic ring is 1. The lowest BCUT2D eigenvalue weighted by Gasteiger charge is -2.01. The van der Waals surface area contributed by atoms with E-state index in [9.17, 15) is 4.79 Å². The van der Waals surface area contributed by atoms with Gasteiger partial charge >= 0.3 is 0 Å². The number of carbonyl (C=O) groups excluding carboxylic acids is 1. The molecule has 5 nitrogen and oxygen atoms in total. The SMILES string of the molecule is Cc1ccc2c(N)c(C(=O)NCc3ccon3)sc2c1. The van der Waals surface area contributed by atoms with Crippen LogP contribution in [0, 0.1) is 6.92 Å². The number of nitrogens with zero attached hydrogens (tertiary/aromatic N) is 1. The molecule has 2 heterocycles. The minimum atomic E-state index is -0.190. The van der Waals surface area contributed by atoms with Crippen molar-refractivity contribution in [2.24, 2.45) is 0 Å². The summed E-state index contributed by atoms with van der Waals surface area (Å²) in [5.41, 5.74) is 8.41. The van der Waals surface area contributed by atoms with Gasteiger partial charge in [0.2, 0.25) is 0 Å². The van der Waals surface area contributed by atoms with Crippen LogP contribution in [-0.2, 0) is 6.54 Å². The Balaban J connectivity index is 1.85. The van der Waals surface area contributed by atoms with E-state index in [1.54, 1.807) is 6.07 Å². The molecule has 0 aliphatic carbocycles. The zero-order chi connectivity index (χ0) is 14.1. The van der Waals surface area contributed by atoms with Crippen LogP contribution in [0.25, 0.3) is 10.1 Å². The number of fused-ring (bicyclic) bond motifs is 1. The van der Waals surface area contributed by atoms with Gasteiger partial charge in [0, 0.05) is 16.2 Å². The van der Waals surface area contributed by atoms with Crippen molar-refractivity contribution in [1.29, 1.82) is 0 Å². The number of nitrogens with two attached hydrogens (primary N) is 1. The molecule has 2 aromatic heterocycles. The standard InChI is InChI=1S/C14H13N3O2S/c1-8-2-3-10-11(6-8)20-13(12(10)15)14(18)16-7-9-4-5-19-17-9/h2-6H,7,15H2,1H3,(H,16,18). The normalized spacial score (nSPS) is 10.8. The largest absolute Gasteiger partial charge is 0.397 e. The van der Waals surface area contributed by atoms with Crippen molar-refractivity contribution in [3.63, 3.8) is 0 Å². The van der Waals surface area contributed by atoms with Gasteiger partial charge in [-0.1, -0.05) is 17.3 Å². The van der Waals surface area contributed by atoms with Gasteiger partial charge in [-0.2, -0.15) is 0 Å². The van der Waals surface area contributed by atoms with Gasteiger partial charge in [-0.25, -0.2) is 0 Å². The number of carbonyl (C=O) groups is 1. The monoisotopic (exact) mass is 287 g/mol. The number of aromatic nitrogens is 1. The molecular formula is C14H13N3O2S. The van der Waals surface area contributed by atoms with E-state index in [4.69, 9.17) is 10.3 Å². The Kier molecular flexibility index (Phi) is 3.15. The van der Waals surface area contributed by atoms with Crippen LogP contribution in [0.2, 0.25) is 0 Å². The van der Waals surface area contributed by atoms with Crippen LogP contribution in [0.5, 0.6) is 0 Å². The second kappa shape index (κ2) is 4.97. The fourth-order valence-corrected chi connectivity index (χ4v) is 3.11. The number of hydrogen-bond acceptors (Lipinski definition) is 5. The molecule has 3 aromatic rings. The smallest absolute Gasteiger partial charge is 0.263 e. The summed E-state index contributed by atoms with van der Waals surface area (Å²) in [4.78, 5) is 12.7. The molecule has 0 saturated heterocycles. The van der Waals surface area contributed by atoms with E-state index in [1.807, 2.05) is 25.1 Å². The van der Waals surface area contributed by atoms with Crippen molar-refractivity contribution in [2.75, 3.05) is 5.73 Å². The van der Waals surface area contributed by atoms with Crippen LogP contribution < -0.4 is 11.1 Å². The molecule has 102 valence electrons. The van der Waals surface area contributed by atoms with Gasteiger partial charge in [-0.15, -0.1) is 11.3 Å². The third-order valence-corrected chi connectivity index (χ3v) is 4.18. The summed E-state index contributed by atoms with van der Waals surface area (Å²) in [6.07, 6.45) is 1.47. The predicted molar refractivity (Wildman–Crippen MR) is 78.6 cm³/mol. The van der Waals surface area contributed by atoms with Gasteiger partial charge in [-0.05, 0) is 18.6 Å². The quantitative estimate of drug-likeness (QED) is 0.776. The fourth-order valence-electron chi connectivity index (χ4n) is 1.97. The molecule has 6 heteroatoms. The Morgan fingerprint density at radius 1 is 1.45 bits per heavy atom. The highest BCUT2D eigenvalue weighted by molar-refractivity contribution is 7.21. The van der Waals surface area contributed by atoms with E-state index in [2.05, 4.69) is 10.5 Å². The Morgan fingerprint density at radius 3 is 3.05 bits per heavy atom. The van der Waals surface area contributed by atoms with E-state index >= 15 is 0 Å². The number of aryl methyl sites for hydroxylation is 1. The Morgan fingerprint density at radius 2 is 2.30 bits per heavy atom. The van der Waals surface area contributed by atoms with Crippen LogP contribution in [0.4, 0.5) is 5.69 Å². The van der Waals surface area contributed by atoms with Gasteiger partial charge in [0.15, 0.2) is 0 Å². The molecule has 0 aliphatic rings. The number of rotatable bonds is 3. The van der Waals surface area contributed by atoms with Crippen molar-refractivity contribution < 1.29 is 9.32 Å². The molecule has 0 spiro atoms. The zero-order valence-corrected chi connectivity index (χ0v) is 11.7. The Labute approximate surface area is 119 Å². The predicted octanol–water partition coefficient (Wildman–Crippen LogP) is 2.71. The number of nitrogens with one attached hydrogen (secondary N) is 1. The summed E-state index contributed by atoms with van der Waals surface area (Å²) in [5, 5.41) is 7.45. The van der Waals surface area contributed by atoms with Crippen LogP contribution in [0.3, 0.4) is 0 Å². The number of anilines is 1. The average Bonchev–Trinajstić information content (AvgIpc) is 3.04. The van der Waals surface area contributed by atoms with Crippen molar-refractivity contribution in [3.8, 4) is 0 Å². The Hall–Kier alpha value is -2.34. The van der Waals surface area contributed by atoms with Crippen molar-refractivity contribution >= 4 is 33.0 Å². The zero-order valence-electron chi connectivity index (χ0n) is 10.8. The molecule has 0 aliphatic heterocycles. The van der Waals surface area contributed by atoms with E-state index < -0.39 is 0 Å². The first kappa shape index (κ1) is 12.7. The van der Waals surface area contributed by atoms with Gasteiger partial charge in [0.05, 0.1) is 12.2 Å². The number of thiophene rings is 1. The molecule has 1 amide bonds. The lowest BCUT2D eigenvalue weighted by atomic mass is 10.1. The number of benzene rings is 1. The molecule has 0 fully saturated rings. The van der Waals surface area contributed by atoms with Crippen molar-refractivity contribution in [2.45, 2.75) is 13.5 Å². The summed E-state index contributed by atoms with van der Waals surface area (Å²) in [5.74, 6) is -0.190. The van der Waals surface area contributed by atoms with Crippen molar-refractivity contribution in [1.82, 2.24) is 10.5 Å². The molecular weight excluding hydrogens is 274 g/mol. The molecule has 0 bridgehead atoms. The first-order chi connectivity index (χ1) is 9.65. The second-order valence-corrected chi connectivity index (χ2v) is 5.57. The highest BCUT2D eigenvalue weighted by atomic mass is 32.1. The molecule has 0 unspecified atom stereocenters. The average molecular weight is 287 g/mol. The number of amides is 1. The molecule has 3 rings (SSSR count). The van der Waals surface area contributed by atoms with Crippen LogP contribution in [-0.4, -0.2) is 11.1 Å². The van der Waals surface area contributed by atoms with Gasteiger partial charge in [0.1, 0.15) is 16.8 Å². The van der Waals surface area contributed by atoms with E-state index in [0.29, 0.717) is 22.8 Å². The summed E-state index contributed by atoms with van der Waals surface area (Å²) in [7, 11) is 0. The maximum Gasteiger partial charge on any atom is 0.263 e. The molecule has 0 saturated carbocycles. The lowest BCUT2D eigenvalue weighted by Crippen LogP contribution is -2.22. The number of hydrogen-bond donors (Lipinski definition) is 2. The molecule has 1 aromatic carbocycles. The molecule has 0 atom stereocenters. The maximum absolute atomic E-state index is 12.2. The topological polar surface area (TPSA) is 81.2 Å².